The molecule has 1 aromatic carbocycles. The normalized spacial score (nSPS) is 23.8. The molecule has 1 atom stereocenters. The Bertz CT molecular complexity index is 489. The molecule has 6 heteroatoms. The van der Waals surface area contributed by atoms with E-state index >= 15 is 0 Å². The van der Waals surface area contributed by atoms with Crippen molar-refractivity contribution in [1.82, 2.24) is 10.3 Å². The molecule has 1 aliphatic heterocycles. The highest BCUT2D eigenvalue weighted by Crippen LogP contribution is 2.29. The van der Waals surface area contributed by atoms with Gasteiger partial charge in [-0.15, -0.1) is 0 Å². The number of carbonyl (C=O) groups is 2. The molecule has 2 rings (SSSR count). The lowest BCUT2D eigenvalue weighted by atomic mass is 9.92. The largest absolute Gasteiger partial charge is 0.497 e. The summed E-state index contributed by atoms with van der Waals surface area (Å²) in [6, 6.07) is 6.32. The van der Waals surface area contributed by atoms with Crippen LogP contribution < -0.4 is 15.9 Å². The Morgan fingerprint density at radius 3 is 2.65 bits per heavy atom. The van der Waals surface area contributed by atoms with Crippen LogP contribution in [0.25, 0.3) is 0 Å². The number of methoxy groups -OCH3 is 1. The maximum Gasteiger partial charge on any atom is 0.339 e. The molecule has 0 aromatic heterocycles. The number of nitrogens with zero attached hydrogens (tertiary/aromatic N) is 1. The van der Waals surface area contributed by atoms with Crippen LogP contribution in [0.3, 0.4) is 0 Å². The van der Waals surface area contributed by atoms with E-state index in [2.05, 4.69) is 5.32 Å². The molecule has 3 amide bonds. The van der Waals surface area contributed by atoms with Gasteiger partial charge in [0.1, 0.15) is 11.3 Å². The first-order valence-corrected chi connectivity index (χ1v) is 5.05. The van der Waals surface area contributed by atoms with Gasteiger partial charge in [0.05, 0.1) is 7.11 Å². The number of hydrogen-bond donors (Lipinski definition) is 2. The van der Waals surface area contributed by atoms with Crippen LogP contribution in [0.2, 0.25) is 0 Å². The van der Waals surface area contributed by atoms with Gasteiger partial charge in [-0.2, -0.15) is 5.01 Å². The first-order chi connectivity index (χ1) is 7.99. The summed E-state index contributed by atoms with van der Waals surface area (Å²) in [6.07, 6.45) is 0. The molecule has 6 nitrogen and oxygen atoms in total. The second kappa shape index (κ2) is 3.74. The molecule has 1 saturated heterocycles. The molecule has 1 heterocycles. The van der Waals surface area contributed by atoms with E-state index < -0.39 is 17.5 Å². The predicted octanol–water partition coefficient (Wildman–Crippen LogP) is 0.336. The fraction of sp³-hybridized carbons (Fsp3) is 0.273. The van der Waals surface area contributed by atoms with Gasteiger partial charge >= 0.3 is 6.03 Å². The molecule has 17 heavy (non-hydrogen) atoms. The van der Waals surface area contributed by atoms with Gasteiger partial charge in [-0.1, -0.05) is 12.1 Å². The van der Waals surface area contributed by atoms with Crippen molar-refractivity contribution in [2.45, 2.75) is 12.5 Å². The Kier molecular flexibility index (Phi) is 2.51. The zero-order valence-corrected chi connectivity index (χ0v) is 9.56. The van der Waals surface area contributed by atoms with Gasteiger partial charge in [0.2, 0.25) is 0 Å². The molecular formula is C11H13N3O3. The monoisotopic (exact) mass is 235 g/mol. The van der Waals surface area contributed by atoms with E-state index in [1.54, 1.807) is 31.2 Å². The molecular weight excluding hydrogens is 222 g/mol. The number of nitrogens with one attached hydrogen (secondary N) is 1. The fourth-order valence-corrected chi connectivity index (χ4v) is 1.79. The summed E-state index contributed by atoms with van der Waals surface area (Å²) < 4.78 is 5.08. The third-order valence-corrected chi connectivity index (χ3v) is 2.87. The van der Waals surface area contributed by atoms with Crippen LogP contribution in [-0.2, 0) is 10.3 Å². The minimum atomic E-state index is -1.14. The Labute approximate surface area is 98.3 Å². The number of imide groups is 1. The molecule has 1 fully saturated rings. The third kappa shape index (κ3) is 1.62. The van der Waals surface area contributed by atoms with Gasteiger partial charge < -0.3 is 10.1 Å². The molecule has 3 N–H and O–H groups in total. The van der Waals surface area contributed by atoms with Crippen LogP contribution >= 0.6 is 0 Å². The number of hydrogen-bond acceptors (Lipinski definition) is 4. The number of hydrazine groups is 1. The molecule has 1 aliphatic rings. The maximum atomic E-state index is 11.9. The van der Waals surface area contributed by atoms with Crippen molar-refractivity contribution in [3.8, 4) is 5.75 Å². The Morgan fingerprint density at radius 1 is 1.41 bits per heavy atom. The highest BCUT2D eigenvalue weighted by Gasteiger charge is 2.48. The lowest BCUT2D eigenvalue weighted by Gasteiger charge is -2.21. The summed E-state index contributed by atoms with van der Waals surface area (Å²) in [4.78, 5) is 23.3. The van der Waals surface area contributed by atoms with E-state index in [0.717, 1.165) is 0 Å². The van der Waals surface area contributed by atoms with E-state index in [9.17, 15) is 9.59 Å². The number of rotatable bonds is 2. The van der Waals surface area contributed by atoms with Crippen molar-refractivity contribution in [2.24, 2.45) is 5.84 Å². The van der Waals surface area contributed by atoms with Crippen molar-refractivity contribution in [3.63, 3.8) is 0 Å². The van der Waals surface area contributed by atoms with E-state index in [1.807, 2.05) is 0 Å². The van der Waals surface area contributed by atoms with Crippen molar-refractivity contribution in [2.75, 3.05) is 7.11 Å². The smallest absolute Gasteiger partial charge is 0.339 e. The second-order valence-corrected chi connectivity index (χ2v) is 3.96. The van der Waals surface area contributed by atoms with Crippen molar-refractivity contribution >= 4 is 11.9 Å². The molecule has 0 bridgehead atoms. The Balaban J connectivity index is 2.45. The molecule has 0 spiro atoms. The lowest BCUT2D eigenvalue weighted by molar-refractivity contribution is -0.131. The number of urea groups is 1. The van der Waals surface area contributed by atoms with Crippen LogP contribution in [0.4, 0.5) is 4.79 Å². The number of ether oxygens (including phenoxy) is 1. The van der Waals surface area contributed by atoms with Crippen molar-refractivity contribution in [1.29, 1.82) is 0 Å². The first kappa shape index (κ1) is 11.4. The zero-order chi connectivity index (χ0) is 12.6. The van der Waals surface area contributed by atoms with Crippen LogP contribution in [0, 0.1) is 0 Å². The summed E-state index contributed by atoms with van der Waals surface area (Å²) in [5, 5.41) is 3.14. The topological polar surface area (TPSA) is 84.7 Å². The SMILES string of the molecule is COc1cccc(C2(C)NC(=O)N(N)C2=O)c1. The van der Waals surface area contributed by atoms with Gasteiger partial charge in [0.15, 0.2) is 0 Å². The highest BCUT2D eigenvalue weighted by atomic mass is 16.5. The quantitative estimate of drug-likeness (QED) is 0.439. The lowest BCUT2D eigenvalue weighted by Crippen LogP contribution is -2.42. The Hall–Kier alpha value is -2.08. The van der Waals surface area contributed by atoms with Crippen LogP contribution in [0.15, 0.2) is 24.3 Å². The summed E-state index contributed by atoms with van der Waals surface area (Å²) in [5.74, 6) is 5.47. The molecule has 1 unspecified atom stereocenters. The molecule has 90 valence electrons. The highest BCUT2D eigenvalue weighted by molar-refractivity contribution is 6.06. The summed E-state index contributed by atoms with van der Waals surface area (Å²) >= 11 is 0. The van der Waals surface area contributed by atoms with Crippen molar-refractivity contribution in [3.05, 3.63) is 29.8 Å². The van der Waals surface area contributed by atoms with Crippen LogP contribution in [0.5, 0.6) is 5.75 Å². The van der Waals surface area contributed by atoms with Gasteiger partial charge in [0, 0.05) is 0 Å². The second-order valence-electron chi connectivity index (χ2n) is 3.96. The van der Waals surface area contributed by atoms with Crippen molar-refractivity contribution < 1.29 is 14.3 Å². The molecule has 0 aliphatic carbocycles. The van der Waals surface area contributed by atoms with E-state index in [4.69, 9.17) is 10.6 Å². The minimum Gasteiger partial charge on any atom is -0.497 e. The predicted molar refractivity (Wildman–Crippen MR) is 59.9 cm³/mol. The van der Waals surface area contributed by atoms with E-state index in [-0.39, 0.29) is 0 Å². The standard InChI is InChI=1S/C11H13N3O3/c1-11(9(15)14(12)10(16)13-11)7-4-3-5-8(6-7)17-2/h3-6H,12H2,1-2H3,(H,13,16). The summed E-state index contributed by atoms with van der Waals surface area (Å²) in [6.45, 7) is 1.61. The number of nitrogens with two attached hydrogens (primary N) is 1. The van der Waals surface area contributed by atoms with Crippen LogP contribution in [-0.4, -0.2) is 24.1 Å². The summed E-state index contributed by atoms with van der Waals surface area (Å²) in [5.41, 5.74) is -0.511. The minimum absolute atomic E-state index is 0.490. The third-order valence-electron chi connectivity index (χ3n) is 2.87. The summed E-state index contributed by atoms with van der Waals surface area (Å²) in [7, 11) is 1.53. The number of amides is 3. The molecule has 0 radical (unpaired) electrons. The van der Waals surface area contributed by atoms with E-state index in [0.29, 0.717) is 16.3 Å². The number of benzene rings is 1. The van der Waals surface area contributed by atoms with Crippen LogP contribution in [0.1, 0.15) is 12.5 Å². The maximum absolute atomic E-state index is 11.9. The van der Waals surface area contributed by atoms with Gasteiger partial charge in [-0.3, -0.25) is 4.79 Å². The average molecular weight is 235 g/mol. The molecule has 0 saturated carbocycles. The average Bonchev–Trinajstić information content (AvgIpc) is 2.55. The zero-order valence-electron chi connectivity index (χ0n) is 9.56. The van der Waals surface area contributed by atoms with Gasteiger partial charge in [-0.25, -0.2) is 10.6 Å². The van der Waals surface area contributed by atoms with Gasteiger partial charge in [0.25, 0.3) is 5.91 Å². The fourth-order valence-electron chi connectivity index (χ4n) is 1.79. The number of carbonyl (C=O) groups excluding carboxylic acids is 2. The molecule has 1 aromatic rings. The van der Waals surface area contributed by atoms with Gasteiger partial charge in [-0.05, 0) is 24.6 Å². The van der Waals surface area contributed by atoms with E-state index in [1.165, 1.54) is 7.11 Å². The Morgan fingerprint density at radius 2 is 2.12 bits per heavy atom. The first-order valence-electron chi connectivity index (χ1n) is 5.05.